The topological polar surface area (TPSA) is 70.1 Å². The van der Waals surface area contributed by atoms with E-state index in [1.807, 2.05) is 0 Å². The molecule has 5 nitrogen and oxygen atoms in total. The Bertz CT molecular complexity index is 580. The van der Waals surface area contributed by atoms with Crippen molar-refractivity contribution in [2.24, 2.45) is 0 Å². The molecule has 1 aromatic heterocycles. The molecule has 0 aliphatic heterocycles. The van der Waals surface area contributed by atoms with E-state index >= 15 is 0 Å². The number of ether oxygens (including phenoxy) is 1. The highest BCUT2D eigenvalue weighted by Crippen LogP contribution is 2.20. The zero-order valence-corrected chi connectivity index (χ0v) is 11.3. The van der Waals surface area contributed by atoms with E-state index in [1.165, 1.54) is 0 Å². The van der Waals surface area contributed by atoms with Crippen molar-refractivity contribution in [3.05, 3.63) is 40.6 Å². The van der Waals surface area contributed by atoms with Crippen molar-refractivity contribution in [2.75, 3.05) is 12.3 Å². The molecule has 0 saturated heterocycles. The second-order valence-electron chi connectivity index (χ2n) is 3.60. The second kappa shape index (κ2) is 5.22. The fourth-order valence-corrected chi connectivity index (χ4v) is 1.84. The normalized spacial score (nSPS) is 10.3. The smallest absolute Gasteiger partial charge is 0.340 e. The molecule has 2 N–H and O–H groups in total. The molecular formula is C12H12BrN3O2. The molecule has 0 fully saturated rings. The van der Waals surface area contributed by atoms with Crippen LogP contribution in [0.15, 0.2) is 35.1 Å². The number of halogens is 1. The minimum absolute atomic E-state index is 0.315. The van der Waals surface area contributed by atoms with E-state index in [-0.39, 0.29) is 0 Å². The summed E-state index contributed by atoms with van der Waals surface area (Å²) in [7, 11) is 0. The van der Waals surface area contributed by atoms with Gasteiger partial charge in [-0.25, -0.2) is 9.48 Å². The highest BCUT2D eigenvalue weighted by molar-refractivity contribution is 9.10. The third-order valence-corrected chi connectivity index (χ3v) is 2.72. The molecule has 0 bridgehead atoms. The minimum atomic E-state index is -0.411. The Morgan fingerprint density at radius 3 is 2.94 bits per heavy atom. The van der Waals surface area contributed by atoms with Crippen molar-refractivity contribution in [1.29, 1.82) is 0 Å². The van der Waals surface area contributed by atoms with E-state index < -0.39 is 5.97 Å². The second-order valence-corrected chi connectivity index (χ2v) is 4.52. The molecule has 0 atom stereocenters. The van der Waals surface area contributed by atoms with Gasteiger partial charge in [-0.15, -0.1) is 0 Å². The van der Waals surface area contributed by atoms with E-state index in [1.54, 1.807) is 42.2 Å². The molecule has 18 heavy (non-hydrogen) atoms. The monoisotopic (exact) mass is 309 g/mol. The maximum Gasteiger partial charge on any atom is 0.340 e. The van der Waals surface area contributed by atoms with Gasteiger partial charge in [0, 0.05) is 11.9 Å². The van der Waals surface area contributed by atoms with Crippen LogP contribution in [0, 0.1) is 0 Å². The molecule has 94 valence electrons. The molecule has 1 aromatic carbocycles. The van der Waals surface area contributed by atoms with Crippen molar-refractivity contribution < 1.29 is 9.53 Å². The van der Waals surface area contributed by atoms with Gasteiger partial charge in [0.25, 0.3) is 0 Å². The van der Waals surface area contributed by atoms with Crippen LogP contribution in [0.4, 0.5) is 5.69 Å². The number of carbonyl (C=O) groups is 1. The van der Waals surface area contributed by atoms with Crippen LogP contribution in [0.5, 0.6) is 0 Å². The fourth-order valence-electron chi connectivity index (χ4n) is 1.56. The summed E-state index contributed by atoms with van der Waals surface area (Å²) in [5, 5.41) is 4.14. The van der Waals surface area contributed by atoms with Crippen LogP contribution in [0.25, 0.3) is 5.69 Å². The van der Waals surface area contributed by atoms with E-state index in [2.05, 4.69) is 21.0 Å². The molecular weight excluding hydrogens is 298 g/mol. The maximum absolute atomic E-state index is 11.9. The number of aromatic nitrogens is 2. The number of carbonyl (C=O) groups excluding carboxylic acids is 1. The van der Waals surface area contributed by atoms with Crippen LogP contribution in [0.1, 0.15) is 17.3 Å². The lowest BCUT2D eigenvalue weighted by atomic mass is 10.1. The van der Waals surface area contributed by atoms with Crippen molar-refractivity contribution in [1.82, 2.24) is 9.78 Å². The van der Waals surface area contributed by atoms with E-state index in [0.717, 1.165) is 4.47 Å². The number of hydrogen-bond donors (Lipinski definition) is 1. The number of rotatable bonds is 3. The Kier molecular flexibility index (Phi) is 3.66. The van der Waals surface area contributed by atoms with Crippen molar-refractivity contribution >= 4 is 27.6 Å². The van der Waals surface area contributed by atoms with Gasteiger partial charge in [0.2, 0.25) is 0 Å². The van der Waals surface area contributed by atoms with E-state index in [0.29, 0.717) is 23.5 Å². The molecule has 1 heterocycles. The molecule has 6 heteroatoms. The molecule has 2 rings (SSSR count). The molecule has 0 amide bonds. The van der Waals surface area contributed by atoms with Gasteiger partial charge in [0.15, 0.2) is 0 Å². The molecule has 0 aliphatic rings. The Morgan fingerprint density at radius 1 is 1.56 bits per heavy atom. The summed E-state index contributed by atoms with van der Waals surface area (Å²) < 4.78 is 7.43. The average molecular weight is 310 g/mol. The molecule has 0 radical (unpaired) electrons. The molecule has 0 unspecified atom stereocenters. The Labute approximate surface area is 113 Å². The third kappa shape index (κ3) is 2.53. The molecule has 0 spiro atoms. The van der Waals surface area contributed by atoms with Crippen LogP contribution < -0.4 is 5.73 Å². The fraction of sp³-hybridized carbons (Fsp3) is 0.167. The van der Waals surface area contributed by atoms with Crippen molar-refractivity contribution in [3.8, 4) is 5.69 Å². The van der Waals surface area contributed by atoms with Gasteiger partial charge in [-0.1, -0.05) is 0 Å². The van der Waals surface area contributed by atoms with Gasteiger partial charge in [-0.2, -0.15) is 5.10 Å². The average Bonchev–Trinajstić information content (AvgIpc) is 2.76. The predicted molar refractivity (Wildman–Crippen MR) is 71.6 cm³/mol. The number of esters is 1. The Hall–Kier alpha value is -1.82. The summed E-state index contributed by atoms with van der Waals surface area (Å²) in [5.41, 5.74) is 7.23. The van der Waals surface area contributed by atoms with E-state index in [4.69, 9.17) is 10.5 Å². The van der Waals surface area contributed by atoms with Crippen molar-refractivity contribution in [3.63, 3.8) is 0 Å². The van der Waals surface area contributed by atoms with Crippen LogP contribution >= 0.6 is 15.9 Å². The number of benzene rings is 1. The van der Waals surface area contributed by atoms with Crippen LogP contribution in [0.3, 0.4) is 0 Å². The zero-order valence-electron chi connectivity index (χ0n) is 9.76. The van der Waals surface area contributed by atoms with Gasteiger partial charge in [-0.05, 0) is 41.1 Å². The quantitative estimate of drug-likeness (QED) is 0.698. The lowest BCUT2D eigenvalue weighted by Crippen LogP contribution is -2.10. The molecule has 2 aromatic rings. The first-order chi connectivity index (χ1) is 8.61. The summed E-state index contributed by atoms with van der Waals surface area (Å²) >= 11 is 3.31. The Morgan fingerprint density at radius 2 is 2.33 bits per heavy atom. The zero-order chi connectivity index (χ0) is 13.1. The number of anilines is 1. The van der Waals surface area contributed by atoms with Gasteiger partial charge in [-0.3, -0.25) is 0 Å². The molecule has 0 aliphatic carbocycles. The summed E-state index contributed by atoms with van der Waals surface area (Å²) in [6, 6.07) is 5.04. The lowest BCUT2D eigenvalue weighted by molar-refractivity contribution is 0.0526. The summed E-state index contributed by atoms with van der Waals surface area (Å²) in [6.07, 6.45) is 3.40. The SMILES string of the molecule is CCOC(=O)c1cc(N)ccc1-n1cc(Br)cn1. The number of nitrogen functional groups attached to an aromatic ring is 1. The minimum Gasteiger partial charge on any atom is -0.462 e. The molecule has 0 saturated carbocycles. The number of nitrogens with zero attached hydrogens (tertiary/aromatic N) is 2. The lowest BCUT2D eigenvalue weighted by Gasteiger charge is -2.09. The summed E-state index contributed by atoms with van der Waals surface area (Å²) in [5.74, 6) is -0.411. The van der Waals surface area contributed by atoms with Gasteiger partial charge in [0.05, 0.1) is 28.5 Å². The Balaban J connectivity index is 2.50. The highest BCUT2D eigenvalue weighted by atomic mass is 79.9. The third-order valence-electron chi connectivity index (χ3n) is 2.31. The number of hydrogen-bond acceptors (Lipinski definition) is 4. The predicted octanol–water partition coefficient (Wildman–Crippen LogP) is 2.39. The first kappa shape index (κ1) is 12.6. The van der Waals surface area contributed by atoms with Crippen LogP contribution in [0.2, 0.25) is 0 Å². The van der Waals surface area contributed by atoms with Crippen LogP contribution in [-0.4, -0.2) is 22.4 Å². The van der Waals surface area contributed by atoms with Crippen molar-refractivity contribution in [2.45, 2.75) is 6.92 Å². The van der Waals surface area contributed by atoms with Crippen LogP contribution in [-0.2, 0) is 4.74 Å². The van der Waals surface area contributed by atoms with E-state index in [9.17, 15) is 4.79 Å². The van der Waals surface area contributed by atoms with Gasteiger partial charge >= 0.3 is 5.97 Å². The first-order valence-corrected chi connectivity index (χ1v) is 6.18. The van der Waals surface area contributed by atoms with Gasteiger partial charge < -0.3 is 10.5 Å². The first-order valence-electron chi connectivity index (χ1n) is 5.39. The van der Waals surface area contributed by atoms with Gasteiger partial charge in [0.1, 0.15) is 0 Å². The summed E-state index contributed by atoms with van der Waals surface area (Å²) in [6.45, 7) is 2.07. The highest BCUT2D eigenvalue weighted by Gasteiger charge is 2.15. The largest absolute Gasteiger partial charge is 0.462 e. The standard InChI is InChI=1S/C12H12BrN3O2/c1-2-18-12(17)10-5-9(14)3-4-11(10)16-7-8(13)6-15-16/h3-7H,2,14H2,1H3. The summed E-state index contributed by atoms with van der Waals surface area (Å²) in [4.78, 5) is 11.9. The maximum atomic E-state index is 11.9. The number of nitrogens with two attached hydrogens (primary N) is 1.